The van der Waals surface area contributed by atoms with Gasteiger partial charge in [-0.1, -0.05) is 32.9 Å². The van der Waals surface area contributed by atoms with E-state index in [0.29, 0.717) is 5.75 Å². The van der Waals surface area contributed by atoms with E-state index in [-0.39, 0.29) is 17.9 Å². The van der Waals surface area contributed by atoms with E-state index in [9.17, 15) is 4.79 Å². The lowest BCUT2D eigenvalue weighted by Crippen LogP contribution is -2.24. The number of carbonyl (C=O) groups excluding carboxylic acids is 1. The molecule has 1 amide bonds. The van der Waals surface area contributed by atoms with Crippen molar-refractivity contribution in [2.45, 2.75) is 40.0 Å². The van der Waals surface area contributed by atoms with E-state index in [1.165, 1.54) is 11.8 Å². The molecule has 1 aromatic heterocycles. The molecule has 0 unspecified atom stereocenters. The molecule has 0 saturated heterocycles. The monoisotopic (exact) mass is 354 g/mol. The van der Waals surface area contributed by atoms with Crippen LogP contribution in [0.25, 0.3) is 6.08 Å². The number of aryl methyl sites for hydroxylation is 2. The molecule has 0 saturated carbocycles. The fourth-order valence-corrected chi connectivity index (χ4v) is 2.29. The Hall–Kier alpha value is -2.82. The summed E-state index contributed by atoms with van der Waals surface area (Å²) in [6.45, 7) is 10.2. The van der Waals surface area contributed by atoms with Gasteiger partial charge in [0.05, 0.1) is 0 Å². The second-order valence-corrected chi connectivity index (χ2v) is 7.14. The van der Waals surface area contributed by atoms with Crippen LogP contribution in [-0.4, -0.2) is 18.7 Å². The number of hydrazone groups is 1. The molecule has 26 heavy (non-hydrogen) atoms. The molecule has 0 aliphatic heterocycles. The maximum Gasteiger partial charge on any atom is 0.277 e. The van der Waals surface area contributed by atoms with Crippen LogP contribution in [0, 0.1) is 13.8 Å². The molecule has 1 aromatic carbocycles. The number of nitrogens with zero attached hydrogens (tertiary/aromatic N) is 1. The smallest absolute Gasteiger partial charge is 0.277 e. The number of amides is 1. The molecule has 0 bridgehead atoms. The summed E-state index contributed by atoms with van der Waals surface area (Å²) in [5.41, 5.74) is 4.74. The molecule has 0 atom stereocenters. The van der Waals surface area contributed by atoms with Crippen molar-refractivity contribution in [2.24, 2.45) is 5.10 Å². The Morgan fingerprint density at radius 3 is 2.62 bits per heavy atom. The predicted octanol–water partition coefficient (Wildman–Crippen LogP) is 4.39. The molecular weight excluding hydrogens is 328 g/mol. The minimum absolute atomic E-state index is 0.0806. The van der Waals surface area contributed by atoms with Crippen molar-refractivity contribution < 1.29 is 13.9 Å². The van der Waals surface area contributed by atoms with Gasteiger partial charge in [-0.2, -0.15) is 5.10 Å². The van der Waals surface area contributed by atoms with Gasteiger partial charge < -0.3 is 9.15 Å². The van der Waals surface area contributed by atoms with Crippen molar-refractivity contribution in [3.8, 4) is 5.75 Å². The Balaban J connectivity index is 1.80. The molecule has 1 N–H and O–H groups in total. The minimum Gasteiger partial charge on any atom is -0.483 e. The molecule has 5 heteroatoms. The van der Waals surface area contributed by atoms with Crippen molar-refractivity contribution in [3.63, 3.8) is 0 Å². The molecule has 0 aliphatic carbocycles. The average Bonchev–Trinajstić information content (AvgIpc) is 2.98. The minimum atomic E-state index is -0.317. The van der Waals surface area contributed by atoms with E-state index >= 15 is 0 Å². The van der Waals surface area contributed by atoms with Crippen LogP contribution in [0.15, 0.2) is 45.9 Å². The van der Waals surface area contributed by atoms with Crippen LogP contribution in [0.1, 0.15) is 43.4 Å². The molecule has 1 heterocycles. The number of rotatable bonds is 6. The molecule has 0 aliphatic rings. The van der Waals surface area contributed by atoms with E-state index in [2.05, 4.69) is 37.4 Å². The average molecular weight is 354 g/mol. The summed E-state index contributed by atoms with van der Waals surface area (Å²) >= 11 is 0. The SMILES string of the molecule is Cc1ccc(/C=C\C=NNC(=O)COc2ccc(C(C)(C)C)cc2C)o1. The Bertz CT molecular complexity index is 811. The second kappa shape index (κ2) is 8.52. The number of hydrogen-bond donors (Lipinski definition) is 1. The standard InChI is InChI=1S/C21H26N2O3/c1-15-13-17(21(3,4)5)9-11-19(15)25-14-20(24)23-22-12-6-7-18-10-8-16(2)26-18/h6-13H,14H2,1-5H3,(H,23,24)/b7-6-,22-12?. The molecule has 0 radical (unpaired) electrons. The Labute approximate surface area is 154 Å². The van der Waals surface area contributed by atoms with Crippen LogP contribution in [0.3, 0.4) is 0 Å². The lowest BCUT2D eigenvalue weighted by Gasteiger charge is -2.20. The van der Waals surface area contributed by atoms with Crippen molar-refractivity contribution >= 4 is 18.2 Å². The lowest BCUT2D eigenvalue weighted by molar-refractivity contribution is -0.123. The normalized spacial score (nSPS) is 12.0. The van der Waals surface area contributed by atoms with Crippen LogP contribution < -0.4 is 10.2 Å². The van der Waals surface area contributed by atoms with Crippen LogP contribution in [0.4, 0.5) is 0 Å². The largest absolute Gasteiger partial charge is 0.483 e. The number of furan rings is 1. The summed E-state index contributed by atoms with van der Waals surface area (Å²) < 4.78 is 11.0. The quantitative estimate of drug-likeness (QED) is 0.618. The highest BCUT2D eigenvalue weighted by molar-refractivity contribution is 5.81. The van der Waals surface area contributed by atoms with E-state index in [1.807, 2.05) is 38.1 Å². The Kier molecular flexibility index (Phi) is 6.39. The first-order valence-electron chi connectivity index (χ1n) is 8.54. The van der Waals surface area contributed by atoms with Gasteiger partial charge in [0.15, 0.2) is 6.61 Å². The fraction of sp³-hybridized carbons (Fsp3) is 0.333. The van der Waals surface area contributed by atoms with Crippen LogP contribution in [0.2, 0.25) is 0 Å². The number of hydrogen-bond acceptors (Lipinski definition) is 4. The van der Waals surface area contributed by atoms with Gasteiger partial charge >= 0.3 is 0 Å². The first-order chi connectivity index (χ1) is 12.3. The van der Waals surface area contributed by atoms with Crippen molar-refractivity contribution in [3.05, 3.63) is 59.1 Å². The zero-order valence-corrected chi connectivity index (χ0v) is 16.0. The number of benzene rings is 1. The van der Waals surface area contributed by atoms with Crippen molar-refractivity contribution in [1.82, 2.24) is 5.43 Å². The zero-order valence-electron chi connectivity index (χ0n) is 16.0. The molecular formula is C21H26N2O3. The molecule has 5 nitrogen and oxygen atoms in total. The lowest BCUT2D eigenvalue weighted by atomic mass is 9.86. The third kappa shape index (κ3) is 5.92. The molecule has 0 spiro atoms. The molecule has 2 rings (SSSR count). The summed E-state index contributed by atoms with van der Waals surface area (Å²) in [4.78, 5) is 11.8. The maximum absolute atomic E-state index is 11.8. The highest BCUT2D eigenvalue weighted by Crippen LogP contribution is 2.27. The number of ether oxygens (including phenoxy) is 1. The summed E-state index contributed by atoms with van der Waals surface area (Å²) in [6.07, 6.45) is 4.94. The first-order valence-corrected chi connectivity index (χ1v) is 8.54. The van der Waals surface area contributed by atoms with E-state index in [0.717, 1.165) is 17.1 Å². The first kappa shape index (κ1) is 19.5. The molecule has 138 valence electrons. The number of allylic oxidation sites excluding steroid dienone is 1. The van der Waals surface area contributed by atoms with Gasteiger partial charge in [-0.05, 0) is 60.7 Å². The predicted molar refractivity (Wildman–Crippen MR) is 104 cm³/mol. The van der Waals surface area contributed by atoms with E-state index in [4.69, 9.17) is 9.15 Å². The molecule has 2 aromatic rings. The van der Waals surface area contributed by atoms with Crippen LogP contribution in [0.5, 0.6) is 5.75 Å². The second-order valence-electron chi connectivity index (χ2n) is 7.14. The third-order valence-corrected chi connectivity index (χ3v) is 3.77. The summed E-state index contributed by atoms with van der Waals surface area (Å²) in [7, 11) is 0. The Morgan fingerprint density at radius 2 is 2.00 bits per heavy atom. The topological polar surface area (TPSA) is 63.8 Å². The number of carbonyl (C=O) groups is 1. The van der Waals surface area contributed by atoms with Gasteiger partial charge in [0.2, 0.25) is 0 Å². The van der Waals surface area contributed by atoms with E-state index in [1.54, 1.807) is 12.2 Å². The maximum atomic E-state index is 11.8. The summed E-state index contributed by atoms with van der Waals surface area (Å²) in [5, 5.41) is 3.84. The Morgan fingerprint density at radius 1 is 1.23 bits per heavy atom. The highest BCUT2D eigenvalue weighted by atomic mass is 16.5. The van der Waals surface area contributed by atoms with Crippen LogP contribution in [-0.2, 0) is 10.2 Å². The number of nitrogens with one attached hydrogen (secondary N) is 1. The highest BCUT2D eigenvalue weighted by Gasteiger charge is 2.15. The van der Waals surface area contributed by atoms with Gasteiger partial charge in [0, 0.05) is 6.21 Å². The van der Waals surface area contributed by atoms with E-state index < -0.39 is 0 Å². The summed E-state index contributed by atoms with van der Waals surface area (Å²) in [6, 6.07) is 9.76. The van der Waals surface area contributed by atoms with Gasteiger partial charge in [-0.15, -0.1) is 0 Å². The summed E-state index contributed by atoms with van der Waals surface area (Å²) in [5.74, 6) is 1.96. The van der Waals surface area contributed by atoms with Crippen molar-refractivity contribution in [1.29, 1.82) is 0 Å². The zero-order chi connectivity index (χ0) is 19.2. The van der Waals surface area contributed by atoms with Gasteiger partial charge in [-0.25, -0.2) is 5.43 Å². The van der Waals surface area contributed by atoms with Gasteiger partial charge in [-0.3, -0.25) is 4.79 Å². The third-order valence-electron chi connectivity index (χ3n) is 3.77. The fourth-order valence-electron chi connectivity index (χ4n) is 2.29. The van der Waals surface area contributed by atoms with Gasteiger partial charge in [0.1, 0.15) is 17.3 Å². The van der Waals surface area contributed by atoms with Crippen LogP contribution >= 0.6 is 0 Å². The van der Waals surface area contributed by atoms with Crippen molar-refractivity contribution in [2.75, 3.05) is 6.61 Å². The van der Waals surface area contributed by atoms with Gasteiger partial charge in [0.25, 0.3) is 5.91 Å². The molecule has 0 fully saturated rings.